The summed E-state index contributed by atoms with van der Waals surface area (Å²) < 4.78 is 0. The number of hydrogen-bond donors (Lipinski definition) is 2. The predicted octanol–water partition coefficient (Wildman–Crippen LogP) is 0.475. The molecule has 0 fully saturated rings. The molecule has 1 atom stereocenters. The van der Waals surface area contributed by atoms with E-state index in [0.29, 0.717) is 6.42 Å². The number of rotatable bonds is 5. The van der Waals surface area contributed by atoms with Gasteiger partial charge in [-0.05, 0) is 18.8 Å². The molecule has 0 heterocycles. The van der Waals surface area contributed by atoms with Crippen LogP contribution in [0.1, 0.15) is 19.3 Å². The van der Waals surface area contributed by atoms with Gasteiger partial charge in [0.05, 0.1) is 0 Å². The quantitative estimate of drug-likeness (QED) is 0.498. The molecule has 0 radical (unpaired) electrons. The minimum atomic E-state index is -1.11. The number of aliphatic carboxylic acids is 1. The third kappa shape index (κ3) is 4.04. The summed E-state index contributed by atoms with van der Waals surface area (Å²) in [4.78, 5) is 25.6. The fourth-order valence-electron chi connectivity index (χ4n) is 1.32. The lowest BCUT2D eigenvalue weighted by atomic mass is 10.1. The normalized spacial score (nSPS) is 19.6. The van der Waals surface area contributed by atoms with Crippen LogP contribution in [-0.2, 0) is 14.4 Å². The molecule has 14 heavy (non-hydrogen) atoms. The molecule has 0 aromatic rings. The molecule has 0 spiro atoms. The molecule has 0 bridgehead atoms. The summed E-state index contributed by atoms with van der Waals surface area (Å²) >= 11 is 0. The Morgan fingerprint density at radius 3 is 2.93 bits per heavy atom. The first-order valence-corrected chi connectivity index (χ1v) is 4.47. The van der Waals surface area contributed by atoms with Crippen molar-refractivity contribution in [2.24, 2.45) is 5.92 Å². The van der Waals surface area contributed by atoms with Gasteiger partial charge in [0, 0.05) is 6.42 Å². The molecule has 1 aliphatic rings. The molecule has 0 saturated carbocycles. The molecule has 1 rings (SSSR count). The molecule has 0 aromatic carbocycles. The zero-order valence-corrected chi connectivity index (χ0v) is 7.73. The highest BCUT2D eigenvalue weighted by atomic mass is 16.7. The van der Waals surface area contributed by atoms with Gasteiger partial charge in [-0.2, -0.15) is 0 Å². The maximum absolute atomic E-state index is 11.1. The summed E-state index contributed by atoms with van der Waals surface area (Å²) in [5, 5.41) is 8.22. The molecule has 0 aliphatic heterocycles. The van der Waals surface area contributed by atoms with Crippen LogP contribution in [-0.4, -0.2) is 23.6 Å². The number of carboxylic acid groups (broad SMARTS) is 1. The Labute approximate surface area is 81.7 Å². The Morgan fingerprint density at radius 2 is 2.36 bits per heavy atom. The van der Waals surface area contributed by atoms with E-state index in [2.05, 4.69) is 10.3 Å². The average Bonchev–Trinajstić information content (AvgIpc) is 2.56. The second-order valence-corrected chi connectivity index (χ2v) is 3.18. The average molecular weight is 199 g/mol. The van der Waals surface area contributed by atoms with E-state index in [1.54, 1.807) is 0 Å². The highest BCUT2D eigenvalue weighted by Gasteiger charge is 2.13. The van der Waals surface area contributed by atoms with Crippen molar-refractivity contribution >= 4 is 11.9 Å². The van der Waals surface area contributed by atoms with Crippen molar-refractivity contribution in [1.82, 2.24) is 5.48 Å². The zero-order chi connectivity index (χ0) is 10.4. The molecular weight excluding hydrogens is 186 g/mol. The Kier molecular flexibility index (Phi) is 4.12. The number of allylic oxidation sites excluding steroid dienone is 2. The van der Waals surface area contributed by atoms with Gasteiger partial charge in [0.15, 0.2) is 6.61 Å². The summed E-state index contributed by atoms with van der Waals surface area (Å²) in [6.07, 6.45) is 6.38. The van der Waals surface area contributed by atoms with Gasteiger partial charge < -0.3 is 5.11 Å². The van der Waals surface area contributed by atoms with Gasteiger partial charge in [0.1, 0.15) is 0 Å². The monoisotopic (exact) mass is 199 g/mol. The van der Waals surface area contributed by atoms with Crippen LogP contribution in [0, 0.1) is 5.92 Å². The Bertz CT molecular complexity index is 249. The van der Waals surface area contributed by atoms with Crippen molar-refractivity contribution in [1.29, 1.82) is 0 Å². The third-order valence-electron chi connectivity index (χ3n) is 1.94. The highest BCUT2D eigenvalue weighted by Crippen LogP contribution is 2.19. The number of hydroxylamine groups is 1. The van der Waals surface area contributed by atoms with Crippen LogP contribution in [0.25, 0.3) is 0 Å². The minimum Gasteiger partial charge on any atom is -0.479 e. The van der Waals surface area contributed by atoms with Crippen LogP contribution in [0.2, 0.25) is 0 Å². The summed E-state index contributed by atoms with van der Waals surface area (Å²) in [6, 6.07) is 0. The second kappa shape index (κ2) is 5.39. The van der Waals surface area contributed by atoms with E-state index >= 15 is 0 Å². The lowest BCUT2D eigenvalue weighted by Crippen LogP contribution is -2.27. The Morgan fingerprint density at radius 1 is 1.57 bits per heavy atom. The van der Waals surface area contributed by atoms with E-state index < -0.39 is 12.6 Å². The van der Waals surface area contributed by atoms with E-state index in [1.807, 2.05) is 12.2 Å². The number of nitrogens with one attached hydrogen (secondary N) is 1. The first kappa shape index (κ1) is 10.7. The molecule has 78 valence electrons. The largest absolute Gasteiger partial charge is 0.479 e. The van der Waals surface area contributed by atoms with Crippen molar-refractivity contribution in [3.05, 3.63) is 12.2 Å². The maximum atomic E-state index is 11.1. The fourth-order valence-corrected chi connectivity index (χ4v) is 1.32. The van der Waals surface area contributed by atoms with E-state index in [9.17, 15) is 9.59 Å². The van der Waals surface area contributed by atoms with E-state index in [1.165, 1.54) is 0 Å². The Hall–Kier alpha value is -1.36. The van der Waals surface area contributed by atoms with Gasteiger partial charge in [-0.3, -0.25) is 9.63 Å². The summed E-state index contributed by atoms with van der Waals surface area (Å²) in [5.74, 6) is -1.11. The van der Waals surface area contributed by atoms with Gasteiger partial charge in [-0.1, -0.05) is 12.2 Å². The van der Waals surface area contributed by atoms with Crippen LogP contribution >= 0.6 is 0 Å². The van der Waals surface area contributed by atoms with Crippen molar-refractivity contribution in [3.63, 3.8) is 0 Å². The minimum absolute atomic E-state index is 0.267. The molecule has 0 saturated heterocycles. The predicted molar refractivity (Wildman–Crippen MR) is 48.2 cm³/mol. The molecular formula is C9H13NO4. The number of carbonyl (C=O) groups is 2. The van der Waals surface area contributed by atoms with Crippen LogP contribution in [0.15, 0.2) is 12.2 Å². The lowest BCUT2D eigenvalue weighted by Gasteiger charge is -2.07. The molecule has 5 heteroatoms. The molecule has 0 aromatic heterocycles. The van der Waals surface area contributed by atoms with Crippen molar-refractivity contribution in [2.45, 2.75) is 19.3 Å². The van der Waals surface area contributed by atoms with Crippen molar-refractivity contribution < 1.29 is 19.5 Å². The number of amides is 1. The van der Waals surface area contributed by atoms with Gasteiger partial charge >= 0.3 is 5.97 Å². The van der Waals surface area contributed by atoms with Gasteiger partial charge in [-0.25, -0.2) is 10.3 Å². The highest BCUT2D eigenvalue weighted by molar-refractivity contribution is 5.75. The van der Waals surface area contributed by atoms with Crippen molar-refractivity contribution in [3.8, 4) is 0 Å². The molecule has 2 N–H and O–H groups in total. The zero-order valence-electron chi connectivity index (χ0n) is 7.73. The van der Waals surface area contributed by atoms with Crippen molar-refractivity contribution in [2.75, 3.05) is 6.61 Å². The van der Waals surface area contributed by atoms with Gasteiger partial charge in [0.25, 0.3) is 0 Å². The molecule has 1 amide bonds. The number of carboxylic acids is 1. The fraction of sp³-hybridized carbons (Fsp3) is 0.556. The maximum Gasteiger partial charge on any atom is 0.332 e. The van der Waals surface area contributed by atoms with E-state index in [4.69, 9.17) is 5.11 Å². The Balaban J connectivity index is 2.09. The first-order chi connectivity index (χ1) is 6.68. The van der Waals surface area contributed by atoms with E-state index in [-0.39, 0.29) is 11.8 Å². The van der Waals surface area contributed by atoms with Crippen LogP contribution in [0.5, 0.6) is 0 Å². The first-order valence-electron chi connectivity index (χ1n) is 4.47. The second-order valence-electron chi connectivity index (χ2n) is 3.18. The number of hydrogen-bond acceptors (Lipinski definition) is 3. The molecule has 5 nitrogen and oxygen atoms in total. The van der Waals surface area contributed by atoms with Gasteiger partial charge in [-0.15, -0.1) is 0 Å². The summed E-state index contributed by atoms with van der Waals surface area (Å²) in [7, 11) is 0. The topological polar surface area (TPSA) is 75.6 Å². The third-order valence-corrected chi connectivity index (χ3v) is 1.94. The lowest BCUT2D eigenvalue weighted by molar-refractivity contribution is -0.149. The van der Waals surface area contributed by atoms with Crippen LogP contribution in [0.3, 0.4) is 0 Å². The summed E-state index contributed by atoms with van der Waals surface area (Å²) in [5.41, 5.74) is 2.09. The van der Waals surface area contributed by atoms with E-state index in [0.717, 1.165) is 12.8 Å². The standard InChI is InChI=1S/C9H13NO4/c11-8(10-14-6-9(12)13)5-7-3-1-2-4-7/h1,3,7H,2,4-6H2,(H,10,11)(H,12,13). The molecule has 1 unspecified atom stereocenters. The SMILES string of the molecule is O=C(O)CONC(=O)CC1C=CCC1. The smallest absolute Gasteiger partial charge is 0.332 e. The van der Waals surface area contributed by atoms with Crippen LogP contribution in [0.4, 0.5) is 0 Å². The number of carbonyl (C=O) groups excluding carboxylic acids is 1. The van der Waals surface area contributed by atoms with Crippen LogP contribution < -0.4 is 5.48 Å². The summed E-state index contributed by atoms with van der Waals surface area (Å²) in [6.45, 7) is -0.508. The van der Waals surface area contributed by atoms with Gasteiger partial charge in [0.2, 0.25) is 5.91 Å². The molecule has 1 aliphatic carbocycles.